The Kier molecular flexibility index (Phi) is 4.61. The van der Waals surface area contributed by atoms with Crippen LogP contribution in [0.25, 0.3) is 0 Å². The lowest BCUT2D eigenvalue weighted by Crippen LogP contribution is -2.11. The summed E-state index contributed by atoms with van der Waals surface area (Å²) in [5, 5.41) is 5.59. The molecule has 2 heterocycles. The molecule has 0 aliphatic carbocycles. The number of pyridine rings is 1. The van der Waals surface area contributed by atoms with Crippen molar-refractivity contribution in [1.29, 1.82) is 0 Å². The number of aryl methyl sites for hydroxylation is 1. The van der Waals surface area contributed by atoms with Crippen molar-refractivity contribution in [2.45, 2.75) is 13.1 Å². The number of halogens is 3. The predicted molar refractivity (Wildman–Crippen MR) is 93.4 cm³/mol. The third kappa shape index (κ3) is 3.66. The SMILES string of the molecule is Cc1cccnc1Nc1ncnc(Nc2ccccc2C(F)(F)F)c1N. The number of rotatable bonds is 4. The largest absolute Gasteiger partial charge is 0.418 e. The number of nitrogens with one attached hydrogen (secondary N) is 2. The van der Waals surface area contributed by atoms with Crippen LogP contribution in [-0.2, 0) is 6.18 Å². The second-order valence-electron chi connectivity index (χ2n) is 5.45. The van der Waals surface area contributed by atoms with Crippen LogP contribution in [0.15, 0.2) is 48.9 Å². The number of nitrogen functional groups attached to an aromatic ring is 1. The smallest absolute Gasteiger partial charge is 0.393 e. The topological polar surface area (TPSA) is 88.8 Å². The molecule has 0 saturated carbocycles. The van der Waals surface area contributed by atoms with E-state index in [-0.39, 0.29) is 23.0 Å². The van der Waals surface area contributed by atoms with E-state index in [2.05, 4.69) is 25.6 Å². The Labute approximate surface area is 147 Å². The molecule has 0 unspecified atom stereocenters. The lowest BCUT2D eigenvalue weighted by Gasteiger charge is -2.16. The Bertz CT molecular complexity index is 926. The highest BCUT2D eigenvalue weighted by molar-refractivity contribution is 5.80. The van der Waals surface area contributed by atoms with E-state index in [9.17, 15) is 13.2 Å². The molecule has 26 heavy (non-hydrogen) atoms. The maximum absolute atomic E-state index is 13.1. The van der Waals surface area contributed by atoms with E-state index in [0.717, 1.165) is 11.6 Å². The van der Waals surface area contributed by atoms with Crippen molar-refractivity contribution in [3.05, 3.63) is 60.0 Å². The zero-order valence-corrected chi connectivity index (χ0v) is 13.7. The first-order valence-electron chi connectivity index (χ1n) is 7.58. The number of para-hydroxylation sites is 1. The first-order chi connectivity index (χ1) is 12.4. The highest BCUT2D eigenvalue weighted by Crippen LogP contribution is 2.37. The van der Waals surface area contributed by atoms with Gasteiger partial charge in [-0.3, -0.25) is 0 Å². The average molecular weight is 360 g/mol. The van der Waals surface area contributed by atoms with Crippen molar-refractivity contribution < 1.29 is 13.2 Å². The van der Waals surface area contributed by atoms with Gasteiger partial charge in [-0.05, 0) is 30.7 Å². The van der Waals surface area contributed by atoms with E-state index in [0.29, 0.717) is 5.82 Å². The number of aromatic nitrogens is 3. The third-order valence-corrected chi connectivity index (χ3v) is 3.62. The summed E-state index contributed by atoms with van der Waals surface area (Å²) in [5.74, 6) is 0.848. The Morgan fingerprint density at radius 3 is 2.27 bits per heavy atom. The number of nitrogens with zero attached hydrogens (tertiary/aromatic N) is 3. The molecule has 4 N–H and O–H groups in total. The molecule has 134 valence electrons. The van der Waals surface area contributed by atoms with Crippen molar-refractivity contribution in [2.24, 2.45) is 0 Å². The van der Waals surface area contributed by atoms with Gasteiger partial charge in [0, 0.05) is 6.20 Å². The normalized spacial score (nSPS) is 11.2. The van der Waals surface area contributed by atoms with Crippen LogP contribution in [-0.4, -0.2) is 15.0 Å². The van der Waals surface area contributed by atoms with Crippen LogP contribution in [0.4, 0.5) is 42.0 Å². The fraction of sp³-hybridized carbons (Fsp3) is 0.118. The van der Waals surface area contributed by atoms with Gasteiger partial charge >= 0.3 is 6.18 Å². The van der Waals surface area contributed by atoms with Crippen molar-refractivity contribution in [3.63, 3.8) is 0 Å². The molecule has 0 amide bonds. The number of hydrogen-bond acceptors (Lipinski definition) is 6. The van der Waals surface area contributed by atoms with E-state index in [4.69, 9.17) is 5.73 Å². The minimum Gasteiger partial charge on any atom is -0.393 e. The van der Waals surface area contributed by atoms with Gasteiger partial charge in [-0.2, -0.15) is 13.2 Å². The van der Waals surface area contributed by atoms with Gasteiger partial charge in [0.15, 0.2) is 11.6 Å². The van der Waals surface area contributed by atoms with Crippen molar-refractivity contribution in [2.75, 3.05) is 16.4 Å². The summed E-state index contributed by atoms with van der Waals surface area (Å²) >= 11 is 0. The van der Waals surface area contributed by atoms with Gasteiger partial charge < -0.3 is 16.4 Å². The number of alkyl halides is 3. The molecular weight excluding hydrogens is 345 g/mol. The summed E-state index contributed by atoms with van der Waals surface area (Å²) in [5.41, 5.74) is 6.01. The summed E-state index contributed by atoms with van der Waals surface area (Å²) in [4.78, 5) is 12.2. The fourth-order valence-electron chi connectivity index (χ4n) is 2.29. The van der Waals surface area contributed by atoms with Gasteiger partial charge in [0.25, 0.3) is 0 Å². The zero-order chi connectivity index (χ0) is 18.7. The quantitative estimate of drug-likeness (QED) is 0.644. The molecule has 3 rings (SSSR count). The molecule has 3 aromatic rings. The van der Waals surface area contributed by atoms with Crippen LogP contribution < -0.4 is 16.4 Å². The molecule has 0 atom stereocenters. The highest BCUT2D eigenvalue weighted by atomic mass is 19.4. The highest BCUT2D eigenvalue weighted by Gasteiger charge is 2.33. The molecule has 6 nitrogen and oxygen atoms in total. The van der Waals surface area contributed by atoms with Crippen LogP contribution in [0.5, 0.6) is 0 Å². The summed E-state index contributed by atoms with van der Waals surface area (Å²) < 4.78 is 39.4. The van der Waals surface area contributed by atoms with Crippen LogP contribution in [0.2, 0.25) is 0 Å². The summed E-state index contributed by atoms with van der Waals surface area (Å²) in [6.45, 7) is 1.85. The van der Waals surface area contributed by atoms with E-state index < -0.39 is 11.7 Å². The molecule has 0 spiro atoms. The molecule has 0 radical (unpaired) electrons. The van der Waals surface area contributed by atoms with E-state index in [1.807, 2.05) is 13.0 Å². The van der Waals surface area contributed by atoms with Gasteiger partial charge in [0.1, 0.15) is 17.8 Å². The standard InChI is InChI=1S/C17H15F3N6/c1-10-5-4-8-22-14(10)26-16-13(21)15(23-9-24-16)25-12-7-3-2-6-11(12)17(18,19)20/h2-9H,21H2,1H3,(H2,22,23,24,25,26). The molecule has 0 saturated heterocycles. The molecule has 2 aromatic heterocycles. The molecule has 0 aliphatic rings. The number of anilines is 5. The number of hydrogen-bond donors (Lipinski definition) is 3. The van der Waals surface area contributed by atoms with Gasteiger partial charge in [-0.15, -0.1) is 0 Å². The molecule has 1 aromatic carbocycles. The summed E-state index contributed by atoms with van der Waals surface area (Å²) in [6, 6.07) is 8.73. The fourth-order valence-corrected chi connectivity index (χ4v) is 2.29. The molecular formula is C17H15F3N6. The zero-order valence-electron chi connectivity index (χ0n) is 13.7. The molecule has 0 bridgehead atoms. The third-order valence-electron chi connectivity index (χ3n) is 3.62. The molecule has 9 heteroatoms. The van der Waals surface area contributed by atoms with Crippen LogP contribution >= 0.6 is 0 Å². The Morgan fingerprint density at radius 2 is 1.58 bits per heavy atom. The average Bonchev–Trinajstić information content (AvgIpc) is 2.60. The van der Waals surface area contributed by atoms with Crippen molar-refractivity contribution in [3.8, 4) is 0 Å². The van der Waals surface area contributed by atoms with Crippen LogP contribution in [0.1, 0.15) is 11.1 Å². The molecule has 0 aliphatic heterocycles. The molecule has 0 fully saturated rings. The van der Waals surface area contributed by atoms with Crippen molar-refractivity contribution in [1.82, 2.24) is 15.0 Å². The number of nitrogens with two attached hydrogens (primary N) is 1. The monoisotopic (exact) mass is 360 g/mol. The van der Waals surface area contributed by atoms with E-state index in [1.165, 1.54) is 24.5 Å². The lowest BCUT2D eigenvalue weighted by molar-refractivity contribution is -0.136. The van der Waals surface area contributed by atoms with Gasteiger partial charge in [0.2, 0.25) is 0 Å². The lowest BCUT2D eigenvalue weighted by atomic mass is 10.1. The van der Waals surface area contributed by atoms with Crippen LogP contribution in [0.3, 0.4) is 0 Å². The summed E-state index contributed by atoms with van der Waals surface area (Å²) in [6.07, 6.45) is -1.70. The summed E-state index contributed by atoms with van der Waals surface area (Å²) in [7, 11) is 0. The van der Waals surface area contributed by atoms with Gasteiger partial charge in [-0.1, -0.05) is 18.2 Å². The van der Waals surface area contributed by atoms with Crippen LogP contribution in [0, 0.1) is 6.92 Å². The second kappa shape index (κ2) is 6.87. The maximum atomic E-state index is 13.1. The van der Waals surface area contributed by atoms with Gasteiger partial charge in [-0.25, -0.2) is 15.0 Å². The van der Waals surface area contributed by atoms with Gasteiger partial charge in [0.05, 0.1) is 11.3 Å². The van der Waals surface area contributed by atoms with E-state index >= 15 is 0 Å². The van der Waals surface area contributed by atoms with E-state index in [1.54, 1.807) is 12.3 Å². The second-order valence-corrected chi connectivity index (χ2v) is 5.45. The maximum Gasteiger partial charge on any atom is 0.418 e. The first-order valence-corrected chi connectivity index (χ1v) is 7.58. The minimum atomic E-state index is -4.50. The van der Waals surface area contributed by atoms with Crippen molar-refractivity contribution >= 4 is 28.8 Å². The Balaban J connectivity index is 1.93. The Morgan fingerprint density at radius 1 is 0.885 bits per heavy atom. The first kappa shape index (κ1) is 17.5. The Hall–Kier alpha value is -3.36. The number of benzene rings is 1. The predicted octanol–water partition coefficient (Wildman–Crippen LogP) is 4.27. The minimum absolute atomic E-state index is 0.0628.